The summed E-state index contributed by atoms with van der Waals surface area (Å²) in [6, 6.07) is 7.50. The monoisotopic (exact) mass is 286 g/mol. The van der Waals surface area contributed by atoms with Crippen molar-refractivity contribution >= 4 is 27.5 Å². The predicted octanol–water partition coefficient (Wildman–Crippen LogP) is 1.69. The van der Waals surface area contributed by atoms with Gasteiger partial charge in [-0.3, -0.25) is 0 Å². The maximum Gasteiger partial charge on any atom is 0.212 e. The molecule has 0 atom stereocenters. The summed E-state index contributed by atoms with van der Waals surface area (Å²) in [7, 11) is -3.13. The van der Waals surface area contributed by atoms with Gasteiger partial charge in [0.05, 0.1) is 5.75 Å². The van der Waals surface area contributed by atoms with E-state index in [-0.39, 0.29) is 5.75 Å². The Labute approximate surface area is 112 Å². The molecule has 18 heavy (non-hydrogen) atoms. The first-order valence-corrected chi connectivity index (χ1v) is 8.65. The van der Waals surface area contributed by atoms with E-state index in [1.165, 1.54) is 11.8 Å². The fraction of sp³-hybridized carbons (Fsp3) is 0.500. The molecule has 1 saturated carbocycles. The van der Waals surface area contributed by atoms with Crippen molar-refractivity contribution < 1.29 is 8.42 Å². The zero-order valence-corrected chi connectivity index (χ0v) is 11.8. The summed E-state index contributed by atoms with van der Waals surface area (Å²) in [5, 5.41) is 0. The molecule has 2 rings (SSSR count). The van der Waals surface area contributed by atoms with Crippen molar-refractivity contribution in [1.29, 1.82) is 0 Å². The first-order chi connectivity index (χ1) is 8.57. The number of hydrogen-bond donors (Lipinski definition) is 2. The summed E-state index contributed by atoms with van der Waals surface area (Å²) >= 11 is 1.48. The molecule has 0 spiro atoms. The highest BCUT2D eigenvalue weighted by Crippen LogP contribution is 2.28. The van der Waals surface area contributed by atoms with Crippen molar-refractivity contribution in [2.24, 2.45) is 5.92 Å². The van der Waals surface area contributed by atoms with Crippen LogP contribution in [-0.2, 0) is 10.0 Å². The lowest BCUT2D eigenvalue weighted by Gasteiger charge is -2.07. The average molecular weight is 286 g/mol. The van der Waals surface area contributed by atoms with Crippen molar-refractivity contribution in [2.45, 2.75) is 17.7 Å². The second-order valence-corrected chi connectivity index (χ2v) is 7.56. The van der Waals surface area contributed by atoms with Crippen LogP contribution >= 0.6 is 11.8 Å². The number of nitrogen functional groups attached to an aromatic ring is 1. The number of rotatable bonds is 7. The molecule has 1 aromatic carbocycles. The van der Waals surface area contributed by atoms with E-state index in [1.54, 1.807) is 0 Å². The molecule has 0 aliphatic heterocycles. The minimum absolute atomic E-state index is 0.138. The fourth-order valence-corrected chi connectivity index (χ4v) is 3.99. The molecule has 0 heterocycles. The Hall–Kier alpha value is -0.720. The number of benzene rings is 1. The highest BCUT2D eigenvalue weighted by Gasteiger charge is 2.23. The Morgan fingerprint density at radius 2 is 2.06 bits per heavy atom. The third-order valence-corrected chi connectivity index (χ3v) is 5.52. The molecule has 1 aliphatic carbocycles. The molecular formula is C12H18N2O2S2. The summed E-state index contributed by atoms with van der Waals surface area (Å²) in [6.45, 7) is 0.598. The van der Waals surface area contributed by atoms with Crippen LogP contribution in [0.2, 0.25) is 0 Å². The van der Waals surface area contributed by atoms with E-state index in [4.69, 9.17) is 5.73 Å². The highest BCUT2D eigenvalue weighted by molar-refractivity contribution is 8.00. The van der Waals surface area contributed by atoms with Gasteiger partial charge in [-0.05, 0) is 30.9 Å². The van der Waals surface area contributed by atoms with Crippen LogP contribution < -0.4 is 10.5 Å². The van der Waals surface area contributed by atoms with Gasteiger partial charge < -0.3 is 5.73 Å². The molecule has 0 aromatic heterocycles. The van der Waals surface area contributed by atoms with E-state index in [0.29, 0.717) is 23.9 Å². The summed E-state index contributed by atoms with van der Waals surface area (Å²) in [5.41, 5.74) is 6.49. The van der Waals surface area contributed by atoms with Crippen LogP contribution in [0.4, 0.5) is 5.69 Å². The van der Waals surface area contributed by atoms with Crippen LogP contribution in [0, 0.1) is 5.92 Å². The number of anilines is 1. The number of hydrogen-bond acceptors (Lipinski definition) is 4. The van der Waals surface area contributed by atoms with E-state index in [1.807, 2.05) is 24.3 Å². The highest BCUT2D eigenvalue weighted by atomic mass is 32.2. The Morgan fingerprint density at radius 3 is 2.72 bits per heavy atom. The van der Waals surface area contributed by atoms with Crippen molar-refractivity contribution in [1.82, 2.24) is 4.72 Å². The molecule has 100 valence electrons. The van der Waals surface area contributed by atoms with Gasteiger partial charge in [-0.2, -0.15) is 0 Å². The van der Waals surface area contributed by atoms with E-state index >= 15 is 0 Å². The van der Waals surface area contributed by atoms with Crippen LogP contribution in [0.15, 0.2) is 29.2 Å². The van der Waals surface area contributed by atoms with Gasteiger partial charge in [0.25, 0.3) is 0 Å². The quantitative estimate of drug-likeness (QED) is 0.591. The number of nitrogens with one attached hydrogen (secondary N) is 1. The third kappa shape index (κ3) is 4.51. The maximum absolute atomic E-state index is 11.7. The Kier molecular flexibility index (Phi) is 4.53. The Morgan fingerprint density at radius 1 is 1.33 bits per heavy atom. The van der Waals surface area contributed by atoms with Gasteiger partial charge >= 0.3 is 0 Å². The molecular weight excluding hydrogens is 268 g/mol. The summed E-state index contributed by atoms with van der Waals surface area (Å²) in [6.07, 6.45) is 2.30. The van der Waals surface area contributed by atoms with Gasteiger partial charge in [0.2, 0.25) is 10.0 Å². The molecule has 0 bridgehead atoms. The van der Waals surface area contributed by atoms with E-state index < -0.39 is 10.0 Å². The molecule has 0 radical (unpaired) electrons. The van der Waals surface area contributed by atoms with Crippen LogP contribution in [0.25, 0.3) is 0 Å². The average Bonchev–Trinajstić information content (AvgIpc) is 3.13. The van der Waals surface area contributed by atoms with Crippen LogP contribution in [0.3, 0.4) is 0 Å². The zero-order chi connectivity index (χ0) is 13.0. The lowest BCUT2D eigenvalue weighted by Crippen LogP contribution is -2.29. The van der Waals surface area contributed by atoms with Crippen molar-refractivity contribution in [3.63, 3.8) is 0 Å². The molecule has 1 aromatic rings. The second kappa shape index (κ2) is 5.95. The van der Waals surface area contributed by atoms with Gasteiger partial charge in [0.1, 0.15) is 0 Å². The van der Waals surface area contributed by atoms with E-state index in [2.05, 4.69) is 4.72 Å². The van der Waals surface area contributed by atoms with Gasteiger partial charge in [-0.1, -0.05) is 12.1 Å². The van der Waals surface area contributed by atoms with Crippen molar-refractivity contribution in [2.75, 3.05) is 23.8 Å². The molecule has 0 unspecified atom stereocenters. The summed E-state index contributed by atoms with van der Waals surface area (Å²) in [4.78, 5) is 0.940. The molecule has 3 N–H and O–H groups in total. The smallest absolute Gasteiger partial charge is 0.212 e. The van der Waals surface area contributed by atoms with Gasteiger partial charge in [0, 0.05) is 22.9 Å². The lowest BCUT2D eigenvalue weighted by molar-refractivity contribution is 0.579. The van der Waals surface area contributed by atoms with Crippen molar-refractivity contribution in [3.8, 4) is 0 Å². The SMILES string of the molecule is Nc1ccccc1SCCS(=O)(=O)NCC1CC1. The largest absolute Gasteiger partial charge is 0.398 e. The third-order valence-electron chi connectivity index (χ3n) is 2.82. The number of nitrogens with two attached hydrogens (primary N) is 1. The number of sulfonamides is 1. The molecule has 4 nitrogen and oxygen atoms in total. The Bertz CT molecular complexity index is 499. The van der Waals surface area contributed by atoms with Crippen LogP contribution in [0.5, 0.6) is 0 Å². The normalized spacial score (nSPS) is 15.8. The van der Waals surface area contributed by atoms with Crippen LogP contribution in [-0.4, -0.2) is 26.5 Å². The fourth-order valence-electron chi connectivity index (χ4n) is 1.51. The van der Waals surface area contributed by atoms with E-state index in [0.717, 1.165) is 17.7 Å². The minimum Gasteiger partial charge on any atom is -0.398 e. The molecule has 1 fully saturated rings. The van der Waals surface area contributed by atoms with E-state index in [9.17, 15) is 8.42 Å². The van der Waals surface area contributed by atoms with Gasteiger partial charge in [0.15, 0.2) is 0 Å². The second-order valence-electron chi connectivity index (χ2n) is 4.50. The molecule has 0 saturated heterocycles. The topological polar surface area (TPSA) is 72.2 Å². The molecule has 6 heteroatoms. The number of para-hydroxylation sites is 1. The minimum atomic E-state index is -3.13. The zero-order valence-electron chi connectivity index (χ0n) is 10.1. The van der Waals surface area contributed by atoms with Gasteiger partial charge in [-0.15, -0.1) is 11.8 Å². The van der Waals surface area contributed by atoms with Crippen LogP contribution in [0.1, 0.15) is 12.8 Å². The first kappa shape index (κ1) is 13.7. The predicted molar refractivity (Wildman–Crippen MR) is 76.1 cm³/mol. The van der Waals surface area contributed by atoms with Crippen molar-refractivity contribution in [3.05, 3.63) is 24.3 Å². The molecule has 1 aliphatic rings. The number of thioether (sulfide) groups is 1. The maximum atomic E-state index is 11.7. The Balaban J connectivity index is 1.75. The first-order valence-electron chi connectivity index (χ1n) is 6.01. The summed E-state index contributed by atoms with van der Waals surface area (Å²) < 4.78 is 26.0. The summed E-state index contributed by atoms with van der Waals surface area (Å²) in [5.74, 6) is 1.23. The lowest BCUT2D eigenvalue weighted by atomic mass is 10.3. The molecule has 0 amide bonds. The van der Waals surface area contributed by atoms with Gasteiger partial charge in [-0.25, -0.2) is 13.1 Å². The standard InChI is InChI=1S/C12H18N2O2S2/c13-11-3-1-2-4-12(11)17-7-8-18(15,16)14-9-10-5-6-10/h1-4,10,14H,5-9,13H2.